The highest BCUT2D eigenvalue weighted by atomic mass is 16.2. The summed E-state index contributed by atoms with van der Waals surface area (Å²) in [7, 11) is 0. The van der Waals surface area contributed by atoms with Gasteiger partial charge in [-0.3, -0.25) is 9.59 Å². The Morgan fingerprint density at radius 2 is 1.57 bits per heavy atom. The van der Waals surface area contributed by atoms with Crippen molar-refractivity contribution in [1.29, 1.82) is 0 Å². The molecule has 2 fully saturated rings. The van der Waals surface area contributed by atoms with Gasteiger partial charge in [0.05, 0.1) is 23.6 Å². The van der Waals surface area contributed by atoms with Gasteiger partial charge in [-0.1, -0.05) is 29.8 Å². The van der Waals surface area contributed by atoms with E-state index in [9.17, 15) is 9.59 Å². The van der Waals surface area contributed by atoms with Gasteiger partial charge in [0.1, 0.15) is 0 Å². The molecule has 2 N–H and O–H groups in total. The molecule has 10 heteroatoms. The molecule has 2 unspecified atom stereocenters. The number of anilines is 1. The van der Waals surface area contributed by atoms with Crippen LogP contribution in [0.5, 0.6) is 0 Å². The number of hydrogen-bond donors (Lipinski definition) is 1. The summed E-state index contributed by atoms with van der Waals surface area (Å²) in [5, 5.41) is 8.43. The maximum absolute atomic E-state index is 13.5. The first-order valence-electron chi connectivity index (χ1n) is 12.2. The van der Waals surface area contributed by atoms with Crippen molar-refractivity contribution in [2.24, 2.45) is 17.6 Å². The van der Waals surface area contributed by atoms with Crippen molar-refractivity contribution in [3.8, 4) is 16.8 Å². The number of nitrogens with zero attached hydrogens (tertiary/aromatic N) is 7. The third kappa shape index (κ3) is 4.20. The number of rotatable bonds is 5. The standard InChI is InChI=1S/C27H26N8O2/c1-17-6-7-24(35-31-8-9-32-35)23(10-17)26(37)33-13-19-15-34(16-20(19)14-33)27-29-11-18(12-30-27)21-4-2-3-5-22(21)25(28)36/h2-12,19-20H,13-16H2,1H3,(H2,28,36). The van der Waals surface area contributed by atoms with Crippen LogP contribution in [0.15, 0.2) is 67.3 Å². The molecule has 0 spiro atoms. The van der Waals surface area contributed by atoms with Crippen LogP contribution in [0.3, 0.4) is 0 Å². The zero-order chi connectivity index (χ0) is 25.5. The van der Waals surface area contributed by atoms with Gasteiger partial charge in [-0.05, 0) is 30.7 Å². The Morgan fingerprint density at radius 1 is 0.892 bits per heavy atom. The van der Waals surface area contributed by atoms with Gasteiger partial charge in [0.25, 0.3) is 5.91 Å². The zero-order valence-corrected chi connectivity index (χ0v) is 20.4. The van der Waals surface area contributed by atoms with Crippen LogP contribution >= 0.6 is 0 Å². The van der Waals surface area contributed by atoms with Gasteiger partial charge >= 0.3 is 0 Å². The Morgan fingerprint density at radius 3 is 2.24 bits per heavy atom. The van der Waals surface area contributed by atoms with E-state index in [1.807, 2.05) is 42.2 Å². The topological polar surface area (TPSA) is 123 Å². The lowest BCUT2D eigenvalue weighted by Gasteiger charge is -2.23. The molecule has 4 aromatic rings. The average Bonchev–Trinajstić information content (AvgIpc) is 3.66. The van der Waals surface area contributed by atoms with Crippen LogP contribution in [0.4, 0.5) is 5.95 Å². The highest BCUT2D eigenvalue weighted by Gasteiger charge is 2.42. The van der Waals surface area contributed by atoms with Crippen molar-refractivity contribution < 1.29 is 9.59 Å². The zero-order valence-electron chi connectivity index (χ0n) is 20.4. The number of aryl methyl sites for hydroxylation is 1. The second-order valence-corrected chi connectivity index (χ2v) is 9.66. The molecule has 0 saturated carbocycles. The smallest absolute Gasteiger partial charge is 0.256 e. The van der Waals surface area contributed by atoms with Crippen molar-refractivity contribution in [3.05, 3.63) is 83.9 Å². The van der Waals surface area contributed by atoms with Gasteiger partial charge in [0.2, 0.25) is 11.9 Å². The van der Waals surface area contributed by atoms with Crippen LogP contribution in [0.1, 0.15) is 26.3 Å². The van der Waals surface area contributed by atoms with Gasteiger partial charge in [-0.2, -0.15) is 15.0 Å². The predicted molar refractivity (Wildman–Crippen MR) is 137 cm³/mol. The van der Waals surface area contributed by atoms with Crippen LogP contribution in [-0.2, 0) is 0 Å². The van der Waals surface area contributed by atoms with Gasteiger partial charge < -0.3 is 15.5 Å². The summed E-state index contributed by atoms with van der Waals surface area (Å²) in [5.74, 6) is 0.867. The highest BCUT2D eigenvalue weighted by Crippen LogP contribution is 2.34. The van der Waals surface area contributed by atoms with Crippen LogP contribution in [0.25, 0.3) is 16.8 Å². The lowest BCUT2D eigenvalue weighted by Crippen LogP contribution is -2.34. The Kier molecular flexibility index (Phi) is 5.63. The summed E-state index contributed by atoms with van der Waals surface area (Å²) in [4.78, 5) is 40.1. The molecule has 0 aliphatic carbocycles. The highest BCUT2D eigenvalue weighted by molar-refractivity contribution is 5.99. The Labute approximate surface area is 213 Å². The monoisotopic (exact) mass is 494 g/mol. The van der Waals surface area contributed by atoms with E-state index in [4.69, 9.17) is 5.73 Å². The Hall–Kier alpha value is -4.60. The molecule has 2 aliphatic heterocycles. The first kappa shape index (κ1) is 22.8. The van der Waals surface area contributed by atoms with Crippen molar-refractivity contribution in [2.45, 2.75) is 6.92 Å². The summed E-state index contributed by atoms with van der Waals surface area (Å²) in [5.41, 5.74) is 9.74. The molecule has 2 saturated heterocycles. The number of benzene rings is 2. The molecule has 2 aromatic heterocycles. The van der Waals surface area contributed by atoms with E-state index in [2.05, 4.69) is 25.1 Å². The maximum atomic E-state index is 13.5. The third-order valence-electron chi connectivity index (χ3n) is 7.21. The van der Waals surface area contributed by atoms with Crippen LogP contribution in [-0.4, -0.2) is 67.9 Å². The molecule has 186 valence electrons. The number of likely N-dealkylation sites (tertiary alicyclic amines) is 1. The SMILES string of the molecule is Cc1ccc(-n2nccn2)c(C(=O)N2CC3CN(c4ncc(-c5ccccc5C(N)=O)cn4)CC3C2)c1. The quantitative estimate of drug-likeness (QED) is 0.452. The van der Waals surface area contributed by atoms with Gasteiger partial charge in [0.15, 0.2) is 0 Å². The Bertz CT molecular complexity index is 1450. The fourth-order valence-corrected chi connectivity index (χ4v) is 5.40. The number of carbonyl (C=O) groups is 2. The lowest BCUT2D eigenvalue weighted by atomic mass is 10.0. The third-order valence-corrected chi connectivity index (χ3v) is 7.21. The van der Waals surface area contributed by atoms with Crippen LogP contribution in [0, 0.1) is 18.8 Å². The first-order valence-corrected chi connectivity index (χ1v) is 12.2. The number of aromatic nitrogens is 5. The van der Waals surface area contributed by atoms with Crippen molar-refractivity contribution >= 4 is 17.8 Å². The fourth-order valence-electron chi connectivity index (χ4n) is 5.40. The van der Waals surface area contributed by atoms with E-state index in [-0.39, 0.29) is 5.91 Å². The van der Waals surface area contributed by atoms with Gasteiger partial charge in [-0.25, -0.2) is 9.97 Å². The summed E-state index contributed by atoms with van der Waals surface area (Å²) >= 11 is 0. The van der Waals surface area contributed by atoms with Gasteiger partial charge in [-0.15, -0.1) is 0 Å². The van der Waals surface area contributed by atoms with Crippen LogP contribution < -0.4 is 10.6 Å². The number of hydrogen-bond acceptors (Lipinski definition) is 7. The number of carbonyl (C=O) groups excluding carboxylic acids is 2. The fraction of sp³-hybridized carbons (Fsp3) is 0.259. The minimum Gasteiger partial charge on any atom is -0.366 e. The largest absolute Gasteiger partial charge is 0.366 e. The summed E-state index contributed by atoms with van der Waals surface area (Å²) in [6.45, 7) is 4.92. The maximum Gasteiger partial charge on any atom is 0.256 e. The molecule has 4 heterocycles. The molecule has 0 radical (unpaired) electrons. The summed E-state index contributed by atoms with van der Waals surface area (Å²) in [6, 6.07) is 12.9. The van der Waals surface area contributed by atoms with E-state index in [0.717, 1.165) is 29.8 Å². The van der Waals surface area contributed by atoms with Gasteiger partial charge in [0, 0.05) is 61.5 Å². The number of nitrogens with two attached hydrogens (primary N) is 1. The number of primary amides is 1. The molecule has 2 aromatic carbocycles. The molecule has 2 aliphatic rings. The summed E-state index contributed by atoms with van der Waals surface area (Å²) < 4.78 is 0. The second kappa shape index (κ2) is 9.12. The van der Waals surface area contributed by atoms with E-state index < -0.39 is 5.91 Å². The second-order valence-electron chi connectivity index (χ2n) is 9.66. The number of amides is 2. The lowest BCUT2D eigenvalue weighted by molar-refractivity contribution is 0.0782. The molecule has 37 heavy (non-hydrogen) atoms. The summed E-state index contributed by atoms with van der Waals surface area (Å²) in [6.07, 6.45) is 6.68. The van der Waals surface area contributed by atoms with E-state index in [0.29, 0.717) is 47.7 Å². The molecule has 0 bridgehead atoms. The van der Waals surface area contributed by atoms with E-state index >= 15 is 0 Å². The van der Waals surface area contributed by atoms with Crippen LogP contribution in [0.2, 0.25) is 0 Å². The molecule has 2 atom stereocenters. The van der Waals surface area contributed by atoms with E-state index in [1.54, 1.807) is 36.9 Å². The molecular formula is C27H26N8O2. The predicted octanol–water partition coefficient (Wildman–Crippen LogP) is 2.34. The normalized spacial score (nSPS) is 18.7. The van der Waals surface area contributed by atoms with E-state index in [1.165, 1.54) is 4.80 Å². The first-order chi connectivity index (χ1) is 18.0. The number of fused-ring (bicyclic) bond motifs is 1. The average molecular weight is 495 g/mol. The molecule has 6 rings (SSSR count). The minimum atomic E-state index is -0.482. The van der Waals surface area contributed by atoms with Crippen molar-refractivity contribution in [2.75, 3.05) is 31.1 Å². The molecule has 10 nitrogen and oxygen atoms in total. The molecular weight excluding hydrogens is 468 g/mol. The Balaban J connectivity index is 1.15. The van der Waals surface area contributed by atoms with Crippen molar-refractivity contribution in [3.63, 3.8) is 0 Å². The minimum absolute atomic E-state index is 0.00525. The molecule has 2 amide bonds. The van der Waals surface area contributed by atoms with Crippen molar-refractivity contribution in [1.82, 2.24) is 29.9 Å².